The van der Waals surface area contributed by atoms with Crippen molar-refractivity contribution in [2.24, 2.45) is 12.8 Å². The third-order valence-electron chi connectivity index (χ3n) is 3.35. The van der Waals surface area contributed by atoms with E-state index in [1.54, 1.807) is 10.9 Å². The maximum atomic E-state index is 12.1. The molecule has 2 amide bonds. The number of aryl methyl sites for hydroxylation is 1. The molecule has 118 valence electrons. The lowest BCUT2D eigenvalue weighted by Crippen LogP contribution is -2.20. The van der Waals surface area contributed by atoms with Crippen molar-refractivity contribution in [1.82, 2.24) is 9.78 Å². The number of hydrogen-bond acceptors (Lipinski definition) is 3. The third-order valence-corrected chi connectivity index (χ3v) is 3.35. The van der Waals surface area contributed by atoms with Crippen molar-refractivity contribution in [3.05, 3.63) is 41.7 Å². The van der Waals surface area contributed by atoms with Gasteiger partial charge in [0.25, 0.3) is 0 Å². The second kappa shape index (κ2) is 6.62. The Hall–Kier alpha value is -2.34. The molecule has 0 saturated heterocycles. The smallest absolute Gasteiger partial charge is 0.323 e. The van der Waals surface area contributed by atoms with Gasteiger partial charge in [0.1, 0.15) is 0 Å². The van der Waals surface area contributed by atoms with Crippen LogP contribution in [0.15, 0.2) is 30.5 Å². The van der Waals surface area contributed by atoms with E-state index in [0.29, 0.717) is 0 Å². The summed E-state index contributed by atoms with van der Waals surface area (Å²) in [5.74, 6) is 0.238. The number of carbonyl (C=O) groups excluding carboxylic acids is 1. The van der Waals surface area contributed by atoms with E-state index in [0.717, 1.165) is 22.6 Å². The van der Waals surface area contributed by atoms with Crippen molar-refractivity contribution < 1.29 is 4.79 Å². The molecular weight excluding hydrogens is 278 g/mol. The standard InChI is InChI=1S/C16H23N5O/c1-10(2)15-14(9-21(4)20-15)19-16(22)18-13-7-5-12(6-8-13)11(3)17/h5-11H,17H2,1-4H3,(H2,18,19,22). The first-order valence-electron chi connectivity index (χ1n) is 7.34. The molecule has 0 aliphatic heterocycles. The predicted octanol–water partition coefficient (Wildman–Crippen LogP) is 3.21. The third kappa shape index (κ3) is 3.85. The summed E-state index contributed by atoms with van der Waals surface area (Å²) in [6.07, 6.45) is 1.80. The van der Waals surface area contributed by atoms with Crippen LogP contribution in [0.3, 0.4) is 0 Å². The number of nitrogens with two attached hydrogens (primary N) is 1. The zero-order chi connectivity index (χ0) is 16.3. The molecule has 0 spiro atoms. The maximum Gasteiger partial charge on any atom is 0.323 e. The van der Waals surface area contributed by atoms with Gasteiger partial charge in [-0.25, -0.2) is 4.79 Å². The number of nitrogens with zero attached hydrogens (tertiary/aromatic N) is 2. The maximum absolute atomic E-state index is 12.1. The largest absolute Gasteiger partial charge is 0.324 e. The van der Waals surface area contributed by atoms with Crippen molar-refractivity contribution in [3.8, 4) is 0 Å². The topological polar surface area (TPSA) is 85.0 Å². The Morgan fingerprint density at radius 3 is 2.36 bits per heavy atom. The van der Waals surface area contributed by atoms with Gasteiger partial charge in [0.2, 0.25) is 0 Å². The molecule has 0 aliphatic carbocycles. The first-order chi connectivity index (χ1) is 10.4. The molecule has 1 atom stereocenters. The van der Waals surface area contributed by atoms with E-state index in [1.165, 1.54) is 0 Å². The zero-order valence-corrected chi connectivity index (χ0v) is 13.4. The first kappa shape index (κ1) is 16.0. The Balaban J connectivity index is 2.04. The van der Waals surface area contributed by atoms with Crippen LogP contribution in [0.5, 0.6) is 0 Å². The molecule has 0 radical (unpaired) electrons. The molecule has 1 heterocycles. The number of carbonyl (C=O) groups is 1. The molecule has 0 saturated carbocycles. The Bertz CT molecular complexity index is 643. The molecule has 4 N–H and O–H groups in total. The van der Waals surface area contributed by atoms with Crippen LogP contribution in [0.4, 0.5) is 16.2 Å². The molecule has 22 heavy (non-hydrogen) atoms. The number of hydrogen-bond donors (Lipinski definition) is 3. The van der Waals surface area contributed by atoms with E-state index in [2.05, 4.69) is 15.7 Å². The van der Waals surface area contributed by atoms with Gasteiger partial charge >= 0.3 is 6.03 Å². The van der Waals surface area contributed by atoms with E-state index in [4.69, 9.17) is 5.73 Å². The Morgan fingerprint density at radius 2 is 1.82 bits per heavy atom. The summed E-state index contributed by atoms with van der Waals surface area (Å²) in [5, 5.41) is 10.0. The van der Waals surface area contributed by atoms with E-state index in [-0.39, 0.29) is 18.0 Å². The number of aromatic nitrogens is 2. The number of benzene rings is 1. The lowest BCUT2D eigenvalue weighted by atomic mass is 10.1. The first-order valence-corrected chi connectivity index (χ1v) is 7.34. The van der Waals surface area contributed by atoms with Crippen molar-refractivity contribution in [3.63, 3.8) is 0 Å². The Kier molecular flexibility index (Phi) is 4.82. The van der Waals surface area contributed by atoms with Crippen LogP contribution in [0, 0.1) is 0 Å². The summed E-state index contributed by atoms with van der Waals surface area (Å²) < 4.78 is 1.70. The number of nitrogens with one attached hydrogen (secondary N) is 2. The van der Waals surface area contributed by atoms with Crippen LogP contribution in [-0.2, 0) is 7.05 Å². The van der Waals surface area contributed by atoms with Gasteiger partial charge in [0, 0.05) is 25.0 Å². The number of urea groups is 1. The molecule has 1 aromatic heterocycles. The number of anilines is 2. The SMILES string of the molecule is CC(C)c1nn(C)cc1NC(=O)Nc1ccc(C(C)N)cc1. The molecule has 6 heteroatoms. The van der Waals surface area contributed by atoms with E-state index >= 15 is 0 Å². The van der Waals surface area contributed by atoms with Crippen molar-refractivity contribution in [2.45, 2.75) is 32.7 Å². The minimum Gasteiger partial charge on any atom is -0.324 e. The monoisotopic (exact) mass is 301 g/mol. The number of amides is 2. The van der Waals surface area contributed by atoms with Gasteiger partial charge in [0.15, 0.2) is 0 Å². The van der Waals surface area contributed by atoms with Crippen molar-refractivity contribution in [2.75, 3.05) is 10.6 Å². The van der Waals surface area contributed by atoms with Gasteiger partial charge < -0.3 is 16.4 Å². The molecule has 2 rings (SSSR count). The summed E-state index contributed by atoms with van der Waals surface area (Å²) in [6, 6.07) is 7.18. The fourth-order valence-corrected chi connectivity index (χ4v) is 2.18. The predicted molar refractivity (Wildman–Crippen MR) is 89.0 cm³/mol. The molecule has 0 bridgehead atoms. The Morgan fingerprint density at radius 1 is 1.18 bits per heavy atom. The van der Waals surface area contributed by atoms with Gasteiger partial charge in [-0.2, -0.15) is 5.10 Å². The summed E-state index contributed by atoms with van der Waals surface area (Å²) in [6.45, 7) is 6.00. The quantitative estimate of drug-likeness (QED) is 0.810. The van der Waals surface area contributed by atoms with E-state index in [1.807, 2.05) is 52.1 Å². The molecule has 2 aromatic rings. The fraction of sp³-hybridized carbons (Fsp3) is 0.375. The summed E-state index contributed by atoms with van der Waals surface area (Å²) in [7, 11) is 1.83. The van der Waals surface area contributed by atoms with Crippen LogP contribution >= 0.6 is 0 Å². The average Bonchev–Trinajstić information content (AvgIpc) is 2.80. The highest BCUT2D eigenvalue weighted by Gasteiger charge is 2.13. The minimum absolute atomic E-state index is 0.0214. The van der Waals surface area contributed by atoms with E-state index in [9.17, 15) is 4.79 Å². The van der Waals surface area contributed by atoms with E-state index < -0.39 is 0 Å². The molecule has 1 aromatic carbocycles. The van der Waals surface area contributed by atoms with Gasteiger partial charge in [-0.3, -0.25) is 4.68 Å². The van der Waals surface area contributed by atoms with Gasteiger partial charge in [-0.1, -0.05) is 26.0 Å². The molecule has 0 fully saturated rings. The summed E-state index contributed by atoms with van der Waals surface area (Å²) in [5.41, 5.74) is 9.14. The minimum atomic E-state index is -0.288. The highest BCUT2D eigenvalue weighted by atomic mass is 16.2. The number of rotatable bonds is 4. The molecule has 1 unspecified atom stereocenters. The Labute approximate surface area is 130 Å². The van der Waals surface area contributed by atoms with Gasteiger partial charge in [0.05, 0.1) is 11.4 Å². The molecular formula is C16H23N5O. The van der Waals surface area contributed by atoms with Crippen LogP contribution in [-0.4, -0.2) is 15.8 Å². The average molecular weight is 301 g/mol. The van der Waals surface area contributed by atoms with Crippen LogP contribution < -0.4 is 16.4 Å². The van der Waals surface area contributed by atoms with Crippen molar-refractivity contribution >= 4 is 17.4 Å². The highest BCUT2D eigenvalue weighted by Crippen LogP contribution is 2.22. The lowest BCUT2D eigenvalue weighted by molar-refractivity contribution is 0.262. The molecule has 0 aliphatic rings. The summed E-state index contributed by atoms with van der Waals surface area (Å²) in [4.78, 5) is 12.1. The fourth-order valence-electron chi connectivity index (χ4n) is 2.18. The second-order valence-electron chi connectivity index (χ2n) is 5.75. The van der Waals surface area contributed by atoms with Crippen LogP contribution in [0.2, 0.25) is 0 Å². The zero-order valence-electron chi connectivity index (χ0n) is 13.4. The van der Waals surface area contributed by atoms with Gasteiger partial charge in [-0.05, 0) is 30.5 Å². The lowest BCUT2D eigenvalue weighted by Gasteiger charge is -2.10. The van der Waals surface area contributed by atoms with Crippen LogP contribution in [0.1, 0.15) is 44.0 Å². The van der Waals surface area contributed by atoms with Gasteiger partial charge in [-0.15, -0.1) is 0 Å². The summed E-state index contributed by atoms with van der Waals surface area (Å²) >= 11 is 0. The van der Waals surface area contributed by atoms with Crippen molar-refractivity contribution in [1.29, 1.82) is 0 Å². The van der Waals surface area contributed by atoms with Crippen LogP contribution in [0.25, 0.3) is 0 Å². The normalized spacial score (nSPS) is 12.3. The highest BCUT2D eigenvalue weighted by molar-refractivity contribution is 6.00. The second-order valence-corrected chi connectivity index (χ2v) is 5.75. The molecule has 6 nitrogen and oxygen atoms in total.